The quantitative estimate of drug-likeness (QED) is 0.508. The Morgan fingerprint density at radius 2 is 1.83 bits per heavy atom. The second-order valence-corrected chi connectivity index (χ2v) is 6.34. The van der Waals surface area contributed by atoms with Gasteiger partial charge < -0.3 is 19.9 Å². The predicted molar refractivity (Wildman–Crippen MR) is 110 cm³/mol. The Balaban J connectivity index is 1.71. The first-order valence-electron chi connectivity index (χ1n) is 9.30. The van der Waals surface area contributed by atoms with Crippen LogP contribution in [0, 0.1) is 0 Å². The Morgan fingerprint density at radius 3 is 2.52 bits per heavy atom. The number of aromatic nitrogens is 2. The van der Waals surface area contributed by atoms with Gasteiger partial charge in [-0.05, 0) is 42.7 Å². The van der Waals surface area contributed by atoms with Crippen molar-refractivity contribution in [3.63, 3.8) is 0 Å². The highest BCUT2D eigenvalue weighted by molar-refractivity contribution is 5.68. The molecule has 0 atom stereocenters. The molecule has 0 radical (unpaired) electrons. The number of carboxylic acids is 1. The number of hydrogen-bond donors (Lipinski definition) is 2. The zero-order valence-corrected chi connectivity index (χ0v) is 16.2. The highest BCUT2D eigenvalue weighted by Gasteiger charge is 2.09. The molecule has 29 heavy (non-hydrogen) atoms. The summed E-state index contributed by atoms with van der Waals surface area (Å²) in [5.74, 6) is 0.280. The normalized spacial score (nSPS) is 10.4. The third-order valence-corrected chi connectivity index (χ3v) is 4.20. The molecule has 0 unspecified atom stereocenters. The largest absolute Gasteiger partial charge is 0.497 e. The molecule has 0 bridgehead atoms. The molecule has 2 N–H and O–H groups in total. The average molecular weight is 393 g/mol. The average Bonchev–Trinajstić information content (AvgIpc) is 2.76. The van der Waals surface area contributed by atoms with E-state index in [4.69, 9.17) is 14.6 Å². The van der Waals surface area contributed by atoms with Gasteiger partial charge in [-0.25, -0.2) is 9.78 Å². The van der Waals surface area contributed by atoms with Crippen LogP contribution in [-0.4, -0.2) is 41.3 Å². The van der Waals surface area contributed by atoms with Crippen molar-refractivity contribution >= 4 is 11.9 Å². The third kappa shape index (κ3) is 6.21. The Bertz CT molecular complexity index is 931. The topological polar surface area (TPSA) is 93.6 Å². The Labute approximate surface area is 169 Å². The zero-order valence-electron chi connectivity index (χ0n) is 16.2. The monoisotopic (exact) mass is 393 g/mol. The molecule has 0 saturated carbocycles. The fraction of sp³-hybridized carbons (Fsp3) is 0.227. The van der Waals surface area contributed by atoms with Crippen LogP contribution in [0.25, 0.3) is 11.3 Å². The van der Waals surface area contributed by atoms with Gasteiger partial charge in [0.05, 0.1) is 12.8 Å². The number of carbonyl (C=O) groups is 1. The fourth-order valence-electron chi connectivity index (χ4n) is 2.76. The molecule has 0 aliphatic heterocycles. The first kappa shape index (κ1) is 20.1. The molecule has 7 nitrogen and oxygen atoms in total. The lowest BCUT2D eigenvalue weighted by Crippen LogP contribution is -2.12. The van der Waals surface area contributed by atoms with Crippen molar-refractivity contribution in [1.29, 1.82) is 0 Å². The molecule has 0 amide bonds. The van der Waals surface area contributed by atoms with Crippen LogP contribution in [0.4, 0.5) is 5.95 Å². The first-order valence-corrected chi connectivity index (χ1v) is 9.30. The highest BCUT2D eigenvalue weighted by atomic mass is 16.5. The van der Waals surface area contributed by atoms with Crippen LogP contribution >= 0.6 is 0 Å². The number of anilines is 1. The van der Waals surface area contributed by atoms with Gasteiger partial charge in [0, 0.05) is 18.2 Å². The van der Waals surface area contributed by atoms with E-state index in [0.29, 0.717) is 18.2 Å². The smallest absolute Gasteiger partial charge is 0.341 e. The molecule has 0 fully saturated rings. The van der Waals surface area contributed by atoms with Gasteiger partial charge in [-0.3, -0.25) is 0 Å². The number of hydrogen-bond acceptors (Lipinski definition) is 6. The zero-order chi connectivity index (χ0) is 20.5. The molecule has 150 valence electrons. The minimum Gasteiger partial charge on any atom is -0.497 e. The third-order valence-electron chi connectivity index (χ3n) is 4.20. The number of nitrogens with zero attached hydrogens (tertiary/aromatic N) is 2. The van der Waals surface area contributed by atoms with E-state index in [1.54, 1.807) is 13.2 Å². The summed E-state index contributed by atoms with van der Waals surface area (Å²) in [6.45, 7) is 0.214. The van der Waals surface area contributed by atoms with E-state index < -0.39 is 12.6 Å². The lowest BCUT2D eigenvalue weighted by molar-refractivity contribution is -0.139. The van der Waals surface area contributed by atoms with Crippen molar-refractivity contribution in [3.05, 3.63) is 66.2 Å². The number of carboxylic acid groups (broad SMARTS) is 1. The minimum atomic E-state index is -1.06. The second-order valence-electron chi connectivity index (χ2n) is 6.34. The van der Waals surface area contributed by atoms with Crippen molar-refractivity contribution in [1.82, 2.24) is 9.97 Å². The van der Waals surface area contributed by atoms with Gasteiger partial charge in [0.2, 0.25) is 11.8 Å². The molecule has 3 aromatic rings. The number of nitrogens with one attached hydrogen (secondary N) is 1. The highest BCUT2D eigenvalue weighted by Crippen LogP contribution is 2.24. The van der Waals surface area contributed by atoms with E-state index in [1.807, 2.05) is 42.5 Å². The van der Waals surface area contributed by atoms with Crippen molar-refractivity contribution < 1.29 is 19.4 Å². The molecule has 0 aliphatic rings. The summed E-state index contributed by atoms with van der Waals surface area (Å²) in [6.07, 6.45) is 1.85. The fourth-order valence-corrected chi connectivity index (χ4v) is 2.76. The van der Waals surface area contributed by atoms with Gasteiger partial charge in [0.15, 0.2) is 6.61 Å². The molecular weight excluding hydrogens is 370 g/mol. The molecule has 2 aromatic carbocycles. The van der Waals surface area contributed by atoms with Gasteiger partial charge in [-0.15, -0.1) is 0 Å². The van der Waals surface area contributed by atoms with Crippen LogP contribution in [0.5, 0.6) is 11.6 Å². The van der Waals surface area contributed by atoms with E-state index in [1.165, 1.54) is 5.56 Å². The van der Waals surface area contributed by atoms with Gasteiger partial charge >= 0.3 is 5.97 Å². The summed E-state index contributed by atoms with van der Waals surface area (Å²) < 4.78 is 10.5. The van der Waals surface area contributed by atoms with E-state index >= 15 is 0 Å². The molecule has 1 heterocycles. The minimum absolute atomic E-state index is 0.207. The number of ether oxygens (including phenoxy) is 2. The summed E-state index contributed by atoms with van der Waals surface area (Å²) in [5, 5.41) is 12.1. The van der Waals surface area contributed by atoms with E-state index in [9.17, 15) is 4.79 Å². The Morgan fingerprint density at radius 1 is 1.07 bits per heavy atom. The van der Waals surface area contributed by atoms with Crippen LogP contribution in [0.3, 0.4) is 0 Å². The van der Waals surface area contributed by atoms with Gasteiger partial charge in [0.25, 0.3) is 0 Å². The van der Waals surface area contributed by atoms with Gasteiger partial charge in [-0.1, -0.05) is 30.3 Å². The molecule has 1 aromatic heterocycles. The predicted octanol–water partition coefficient (Wildman–Crippen LogP) is 3.66. The Hall–Kier alpha value is -3.61. The number of aliphatic carboxylic acids is 1. The number of methoxy groups -OCH3 is 1. The number of aryl methyl sites for hydroxylation is 1. The van der Waals surface area contributed by atoms with Crippen LogP contribution in [-0.2, 0) is 11.2 Å². The maximum atomic E-state index is 10.8. The summed E-state index contributed by atoms with van der Waals surface area (Å²) >= 11 is 0. The summed E-state index contributed by atoms with van der Waals surface area (Å²) in [7, 11) is 1.61. The van der Waals surface area contributed by atoms with Crippen LogP contribution < -0.4 is 14.8 Å². The molecule has 7 heteroatoms. The number of benzene rings is 2. The molecule has 0 saturated heterocycles. The van der Waals surface area contributed by atoms with Crippen molar-refractivity contribution in [2.24, 2.45) is 0 Å². The van der Waals surface area contributed by atoms with Gasteiger partial charge in [-0.2, -0.15) is 4.98 Å². The summed E-state index contributed by atoms with van der Waals surface area (Å²) in [6, 6.07) is 19.3. The molecule has 0 aliphatic carbocycles. The maximum absolute atomic E-state index is 10.8. The van der Waals surface area contributed by atoms with Crippen LogP contribution in [0.2, 0.25) is 0 Å². The van der Waals surface area contributed by atoms with Crippen LogP contribution in [0.15, 0.2) is 60.7 Å². The van der Waals surface area contributed by atoms with Gasteiger partial charge in [0.1, 0.15) is 5.75 Å². The summed E-state index contributed by atoms with van der Waals surface area (Å²) in [5.41, 5.74) is 2.75. The van der Waals surface area contributed by atoms with Crippen LogP contribution in [0.1, 0.15) is 12.0 Å². The SMILES string of the molecule is COc1ccc(-c2cc(OCC(=O)O)nc(NCCCc3ccccc3)n2)cc1. The van der Waals surface area contributed by atoms with Crippen molar-refractivity contribution in [2.45, 2.75) is 12.8 Å². The van der Waals surface area contributed by atoms with E-state index in [-0.39, 0.29) is 5.88 Å². The lowest BCUT2D eigenvalue weighted by atomic mass is 10.1. The summed E-state index contributed by atoms with van der Waals surface area (Å²) in [4.78, 5) is 19.6. The number of rotatable bonds is 10. The molecule has 0 spiro atoms. The van der Waals surface area contributed by atoms with Crippen molar-refractivity contribution in [3.8, 4) is 22.9 Å². The lowest BCUT2D eigenvalue weighted by Gasteiger charge is -2.11. The standard InChI is InChI=1S/C22H23N3O4/c1-28-18-11-9-17(10-12-18)19-14-20(29-15-21(26)27)25-22(24-19)23-13-5-8-16-6-3-2-4-7-16/h2-4,6-7,9-12,14H,5,8,13,15H2,1H3,(H,26,27)(H,23,24,25). The Kier molecular flexibility index (Phi) is 7.00. The second kappa shape index (κ2) is 10.1. The molecule has 3 rings (SSSR count). The van der Waals surface area contributed by atoms with Crippen molar-refractivity contribution in [2.75, 3.05) is 25.6 Å². The van der Waals surface area contributed by atoms with E-state index in [0.717, 1.165) is 24.2 Å². The molecular formula is C22H23N3O4. The first-order chi connectivity index (χ1) is 14.1. The van der Waals surface area contributed by atoms with E-state index in [2.05, 4.69) is 27.4 Å². The maximum Gasteiger partial charge on any atom is 0.341 e.